The van der Waals surface area contributed by atoms with E-state index in [0.717, 1.165) is 12.8 Å². The number of rotatable bonds is 4. The topological polar surface area (TPSA) is 63.6 Å². The molecule has 1 aliphatic carbocycles. The van der Waals surface area contributed by atoms with Crippen LogP contribution in [0.4, 0.5) is 0 Å². The molecule has 4 nitrogen and oxygen atoms in total. The van der Waals surface area contributed by atoms with E-state index in [2.05, 4.69) is 0 Å². The highest BCUT2D eigenvalue weighted by atomic mass is 16.5. The number of carbonyl (C=O) groups is 2. The Kier molecular flexibility index (Phi) is 3.97. The lowest BCUT2D eigenvalue weighted by molar-refractivity contribution is -0.121. The van der Waals surface area contributed by atoms with Crippen LogP contribution in [-0.4, -0.2) is 23.5 Å². The van der Waals surface area contributed by atoms with Gasteiger partial charge in [0, 0.05) is 12.8 Å². The van der Waals surface area contributed by atoms with E-state index in [-0.39, 0.29) is 5.56 Å². The molecule has 0 bridgehead atoms. The Morgan fingerprint density at radius 3 is 2.72 bits per heavy atom. The van der Waals surface area contributed by atoms with Crippen molar-refractivity contribution < 1.29 is 19.4 Å². The van der Waals surface area contributed by atoms with Gasteiger partial charge in [-0.05, 0) is 37.0 Å². The van der Waals surface area contributed by atoms with Crippen molar-refractivity contribution >= 4 is 11.8 Å². The number of carboxylic acid groups (broad SMARTS) is 1. The van der Waals surface area contributed by atoms with E-state index >= 15 is 0 Å². The average Bonchev–Trinajstić information content (AvgIpc) is 2.38. The second kappa shape index (κ2) is 5.67. The molecule has 0 saturated heterocycles. The number of carboxylic acids is 1. The van der Waals surface area contributed by atoms with Crippen molar-refractivity contribution in [1.82, 2.24) is 0 Å². The molecule has 0 aliphatic heterocycles. The van der Waals surface area contributed by atoms with Crippen molar-refractivity contribution in [3.05, 3.63) is 29.8 Å². The van der Waals surface area contributed by atoms with Crippen molar-refractivity contribution in [2.24, 2.45) is 5.92 Å². The maximum absolute atomic E-state index is 11.1. The highest BCUT2D eigenvalue weighted by Gasteiger charge is 2.19. The Bertz CT molecular complexity index is 443. The summed E-state index contributed by atoms with van der Waals surface area (Å²) < 4.78 is 5.60. The second-order valence-corrected chi connectivity index (χ2v) is 4.63. The summed E-state index contributed by atoms with van der Waals surface area (Å²) in [4.78, 5) is 21.9. The summed E-state index contributed by atoms with van der Waals surface area (Å²) in [6, 6.07) is 6.48. The number of benzene rings is 1. The predicted molar refractivity (Wildman–Crippen MR) is 65.9 cm³/mol. The molecule has 0 aromatic heterocycles. The third-order valence-electron chi connectivity index (χ3n) is 3.23. The summed E-state index contributed by atoms with van der Waals surface area (Å²) in [5.41, 5.74) is 0.228. The minimum Gasteiger partial charge on any atom is -0.493 e. The zero-order valence-corrected chi connectivity index (χ0v) is 10.1. The lowest BCUT2D eigenvalue weighted by Gasteiger charge is -2.21. The normalized spacial score (nSPS) is 16.6. The number of hydrogen-bond donors (Lipinski definition) is 1. The summed E-state index contributed by atoms with van der Waals surface area (Å²) in [6.07, 6.45) is 3.03. The Morgan fingerprint density at radius 1 is 1.33 bits per heavy atom. The molecule has 96 valence electrons. The van der Waals surface area contributed by atoms with E-state index in [1.807, 2.05) is 0 Å². The molecule has 0 heterocycles. The molecule has 18 heavy (non-hydrogen) atoms. The zero-order chi connectivity index (χ0) is 13.0. The van der Waals surface area contributed by atoms with Gasteiger partial charge in [0.15, 0.2) is 0 Å². The van der Waals surface area contributed by atoms with Gasteiger partial charge in [-0.1, -0.05) is 6.07 Å². The molecule has 1 fully saturated rings. The van der Waals surface area contributed by atoms with Gasteiger partial charge in [-0.2, -0.15) is 0 Å². The van der Waals surface area contributed by atoms with Crippen LogP contribution in [0.2, 0.25) is 0 Å². The minimum atomic E-state index is -0.955. The van der Waals surface area contributed by atoms with Gasteiger partial charge in [0.1, 0.15) is 11.5 Å². The fraction of sp³-hybridized carbons (Fsp3) is 0.429. The Labute approximate surface area is 106 Å². The summed E-state index contributed by atoms with van der Waals surface area (Å²) >= 11 is 0. The van der Waals surface area contributed by atoms with E-state index in [4.69, 9.17) is 9.84 Å². The highest BCUT2D eigenvalue weighted by molar-refractivity contribution is 5.88. The summed E-state index contributed by atoms with van der Waals surface area (Å²) in [5, 5.41) is 8.86. The van der Waals surface area contributed by atoms with E-state index < -0.39 is 5.97 Å². The van der Waals surface area contributed by atoms with Gasteiger partial charge in [0.25, 0.3) is 0 Å². The van der Waals surface area contributed by atoms with Crippen LogP contribution in [0.15, 0.2) is 24.3 Å². The first-order chi connectivity index (χ1) is 8.65. The largest absolute Gasteiger partial charge is 0.493 e. The van der Waals surface area contributed by atoms with Crippen LogP contribution in [-0.2, 0) is 4.79 Å². The van der Waals surface area contributed by atoms with Gasteiger partial charge in [-0.15, -0.1) is 0 Å². The molecule has 1 aromatic carbocycles. The van der Waals surface area contributed by atoms with Crippen LogP contribution in [0, 0.1) is 5.92 Å². The number of hydrogen-bond acceptors (Lipinski definition) is 3. The molecule has 1 aliphatic rings. The van der Waals surface area contributed by atoms with Gasteiger partial charge in [0.05, 0.1) is 12.2 Å². The van der Waals surface area contributed by atoms with E-state index in [9.17, 15) is 9.59 Å². The molecular formula is C14H16O4. The van der Waals surface area contributed by atoms with E-state index in [1.165, 1.54) is 12.1 Å². The molecular weight excluding hydrogens is 232 g/mol. The Balaban J connectivity index is 1.88. The molecule has 4 heteroatoms. The molecule has 2 rings (SSSR count). The maximum atomic E-state index is 11.1. The first-order valence-electron chi connectivity index (χ1n) is 6.13. The first-order valence-corrected chi connectivity index (χ1v) is 6.13. The fourth-order valence-corrected chi connectivity index (χ4v) is 2.10. The number of ketones is 1. The number of carbonyl (C=O) groups excluding carboxylic acids is 1. The van der Waals surface area contributed by atoms with Crippen molar-refractivity contribution in [2.45, 2.75) is 25.7 Å². The van der Waals surface area contributed by atoms with Crippen LogP contribution >= 0.6 is 0 Å². The van der Waals surface area contributed by atoms with Crippen LogP contribution in [0.5, 0.6) is 5.75 Å². The van der Waals surface area contributed by atoms with Crippen molar-refractivity contribution in [2.75, 3.05) is 6.61 Å². The maximum Gasteiger partial charge on any atom is 0.335 e. The Morgan fingerprint density at radius 2 is 2.06 bits per heavy atom. The van der Waals surface area contributed by atoms with Crippen LogP contribution in [0.1, 0.15) is 36.0 Å². The number of ether oxygens (including phenoxy) is 1. The molecule has 0 amide bonds. The van der Waals surface area contributed by atoms with Crippen molar-refractivity contribution in [3.8, 4) is 5.75 Å². The predicted octanol–water partition coefficient (Wildman–Crippen LogP) is 2.52. The van der Waals surface area contributed by atoms with Crippen LogP contribution < -0.4 is 4.74 Å². The molecule has 1 N–H and O–H groups in total. The minimum absolute atomic E-state index is 0.228. The molecule has 0 radical (unpaired) electrons. The van der Waals surface area contributed by atoms with E-state index in [1.54, 1.807) is 12.1 Å². The quantitative estimate of drug-likeness (QED) is 0.889. The second-order valence-electron chi connectivity index (χ2n) is 4.63. The van der Waals surface area contributed by atoms with Gasteiger partial charge in [-0.25, -0.2) is 4.79 Å². The first kappa shape index (κ1) is 12.6. The molecule has 1 aromatic rings. The zero-order valence-electron chi connectivity index (χ0n) is 10.1. The molecule has 0 spiro atoms. The molecule has 0 unspecified atom stereocenters. The van der Waals surface area contributed by atoms with Gasteiger partial charge < -0.3 is 9.84 Å². The standard InChI is InChI=1S/C14H16O4/c15-12-6-4-10(5-7-12)9-18-13-3-1-2-11(8-13)14(16)17/h1-3,8,10H,4-7,9H2,(H,16,17). The molecule has 0 atom stereocenters. The van der Waals surface area contributed by atoms with Crippen molar-refractivity contribution in [1.29, 1.82) is 0 Å². The van der Waals surface area contributed by atoms with Gasteiger partial charge >= 0.3 is 5.97 Å². The van der Waals surface area contributed by atoms with Crippen LogP contribution in [0.25, 0.3) is 0 Å². The Hall–Kier alpha value is -1.84. The van der Waals surface area contributed by atoms with Crippen LogP contribution in [0.3, 0.4) is 0 Å². The average molecular weight is 248 g/mol. The van der Waals surface area contributed by atoms with Crippen molar-refractivity contribution in [3.63, 3.8) is 0 Å². The lowest BCUT2D eigenvalue weighted by Crippen LogP contribution is -2.19. The van der Waals surface area contributed by atoms with Gasteiger partial charge in [-0.3, -0.25) is 4.79 Å². The fourth-order valence-electron chi connectivity index (χ4n) is 2.10. The summed E-state index contributed by atoms with van der Waals surface area (Å²) in [5.74, 6) is 0.353. The molecule has 1 saturated carbocycles. The highest BCUT2D eigenvalue weighted by Crippen LogP contribution is 2.23. The van der Waals surface area contributed by atoms with E-state index in [0.29, 0.717) is 36.9 Å². The summed E-state index contributed by atoms with van der Waals surface area (Å²) in [7, 11) is 0. The smallest absolute Gasteiger partial charge is 0.335 e. The van der Waals surface area contributed by atoms with Gasteiger partial charge in [0.2, 0.25) is 0 Å². The monoisotopic (exact) mass is 248 g/mol. The summed E-state index contributed by atoms with van der Waals surface area (Å²) in [6.45, 7) is 0.552. The number of Topliss-reactive ketones (excluding diaryl/α,β-unsaturated/α-hetero) is 1. The number of aromatic carboxylic acids is 1. The lowest BCUT2D eigenvalue weighted by atomic mass is 9.89. The third-order valence-corrected chi connectivity index (χ3v) is 3.23. The SMILES string of the molecule is O=C1CCC(COc2cccc(C(=O)O)c2)CC1. The third kappa shape index (κ3) is 3.32.